The summed E-state index contributed by atoms with van der Waals surface area (Å²) in [5.74, 6) is -0.457. The number of nitrogens with one attached hydrogen (secondary N) is 2. The van der Waals surface area contributed by atoms with Gasteiger partial charge in [-0.3, -0.25) is 4.72 Å². The number of hydrogen-bond donors (Lipinski definition) is 2. The third-order valence-electron chi connectivity index (χ3n) is 2.12. The minimum absolute atomic E-state index is 0.0327. The Morgan fingerprint density at radius 3 is 2.61 bits per heavy atom. The maximum absolute atomic E-state index is 12.9. The highest BCUT2D eigenvalue weighted by atomic mass is 79.9. The van der Waals surface area contributed by atoms with Gasteiger partial charge in [0.25, 0.3) is 0 Å². The molecule has 18 heavy (non-hydrogen) atoms. The number of hydrogen-bond acceptors (Lipinski definition) is 3. The largest absolute Gasteiger partial charge is 0.313 e. The lowest BCUT2D eigenvalue weighted by Crippen LogP contribution is -2.31. The smallest absolute Gasteiger partial charge is 0.234 e. The third-order valence-corrected chi connectivity index (χ3v) is 4.05. The average Bonchev–Trinajstić information content (AvgIpc) is 2.21. The van der Waals surface area contributed by atoms with Gasteiger partial charge in [-0.05, 0) is 34.1 Å². The van der Waals surface area contributed by atoms with Gasteiger partial charge in [0.05, 0.1) is 11.4 Å². The summed E-state index contributed by atoms with van der Waals surface area (Å²) >= 11 is 3.11. The summed E-state index contributed by atoms with van der Waals surface area (Å²) in [6.45, 7) is 4.25. The Morgan fingerprint density at radius 1 is 1.39 bits per heavy atom. The molecule has 7 heteroatoms. The van der Waals surface area contributed by atoms with Gasteiger partial charge in [0.1, 0.15) is 5.82 Å². The highest BCUT2D eigenvalue weighted by molar-refractivity contribution is 9.10. The second kappa shape index (κ2) is 6.49. The first kappa shape index (κ1) is 15.4. The van der Waals surface area contributed by atoms with Crippen molar-refractivity contribution in [1.29, 1.82) is 0 Å². The molecule has 2 N–H and O–H groups in total. The third kappa shape index (κ3) is 5.32. The Labute approximate surface area is 115 Å². The van der Waals surface area contributed by atoms with Crippen molar-refractivity contribution in [2.24, 2.45) is 0 Å². The van der Waals surface area contributed by atoms with E-state index in [-0.39, 0.29) is 11.8 Å². The fraction of sp³-hybridized carbons (Fsp3) is 0.455. The number of halogens is 2. The Balaban J connectivity index is 2.65. The summed E-state index contributed by atoms with van der Waals surface area (Å²) in [5.41, 5.74) is 0.334. The molecule has 4 nitrogen and oxygen atoms in total. The summed E-state index contributed by atoms with van der Waals surface area (Å²) in [5, 5.41) is 3.02. The van der Waals surface area contributed by atoms with Crippen molar-refractivity contribution in [2.75, 3.05) is 17.0 Å². The average molecular weight is 339 g/mol. The summed E-state index contributed by atoms with van der Waals surface area (Å²) in [4.78, 5) is 0. The standard InChI is InChI=1S/C11H16BrFN2O2S/c1-8(2)14-5-6-18(16,17)15-11-4-3-9(13)7-10(11)12/h3-4,7-8,14-15H,5-6H2,1-2H3. The van der Waals surface area contributed by atoms with E-state index in [0.29, 0.717) is 16.7 Å². The van der Waals surface area contributed by atoms with E-state index in [1.54, 1.807) is 0 Å². The molecule has 1 aromatic rings. The molecule has 102 valence electrons. The number of rotatable bonds is 6. The highest BCUT2D eigenvalue weighted by Gasteiger charge is 2.12. The molecule has 0 atom stereocenters. The molecule has 0 spiro atoms. The number of benzene rings is 1. The van der Waals surface area contributed by atoms with Gasteiger partial charge in [-0.25, -0.2) is 12.8 Å². The Hall–Kier alpha value is -0.660. The van der Waals surface area contributed by atoms with Crippen molar-refractivity contribution >= 4 is 31.6 Å². The molecule has 0 radical (unpaired) electrons. The van der Waals surface area contributed by atoms with Crippen LogP contribution >= 0.6 is 15.9 Å². The molecule has 0 unspecified atom stereocenters. The molecular weight excluding hydrogens is 323 g/mol. The van der Waals surface area contributed by atoms with Crippen LogP contribution in [0.3, 0.4) is 0 Å². The summed E-state index contributed by atoms with van der Waals surface area (Å²) in [6, 6.07) is 4.03. The van der Waals surface area contributed by atoms with Crippen molar-refractivity contribution in [1.82, 2.24) is 5.32 Å². The van der Waals surface area contributed by atoms with Crippen molar-refractivity contribution in [3.05, 3.63) is 28.5 Å². The minimum atomic E-state index is -3.43. The van der Waals surface area contributed by atoms with E-state index in [0.717, 1.165) is 0 Å². The van der Waals surface area contributed by atoms with E-state index in [1.165, 1.54) is 18.2 Å². The number of sulfonamides is 1. The molecule has 0 heterocycles. The predicted octanol–water partition coefficient (Wildman–Crippen LogP) is 2.33. The van der Waals surface area contributed by atoms with Crippen LogP contribution in [0.2, 0.25) is 0 Å². The van der Waals surface area contributed by atoms with Crippen molar-refractivity contribution in [2.45, 2.75) is 19.9 Å². The summed E-state index contributed by atoms with van der Waals surface area (Å²) < 4.78 is 39.1. The van der Waals surface area contributed by atoms with Gasteiger partial charge in [-0.15, -0.1) is 0 Å². The Morgan fingerprint density at radius 2 is 2.06 bits per heavy atom. The van der Waals surface area contributed by atoms with E-state index in [1.807, 2.05) is 13.8 Å². The van der Waals surface area contributed by atoms with Crippen LogP contribution in [0.25, 0.3) is 0 Å². The van der Waals surface area contributed by atoms with Crippen molar-refractivity contribution < 1.29 is 12.8 Å². The molecule has 0 amide bonds. The van der Waals surface area contributed by atoms with Gasteiger partial charge in [-0.1, -0.05) is 13.8 Å². The fourth-order valence-electron chi connectivity index (χ4n) is 1.27. The molecule has 0 aliphatic heterocycles. The van der Waals surface area contributed by atoms with Crippen LogP contribution < -0.4 is 10.0 Å². The van der Waals surface area contributed by atoms with Gasteiger partial charge >= 0.3 is 0 Å². The van der Waals surface area contributed by atoms with Crippen LogP contribution in [-0.4, -0.2) is 26.8 Å². The maximum atomic E-state index is 12.9. The zero-order valence-electron chi connectivity index (χ0n) is 10.2. The van der Waals surface area contributed by atoms with Gasteiger partial charge in [0.2, 0.25) is 10.0 Å². The van der Waals surface area contributed by atoms with Gasteiger partial charge in [-0.2, -0.15) is 0 Å². The second-order valence-electron chi connectivity index (χ2n) is 4.15. The second-order valence-corrected chi connectivity index (χ2v) is 6.85. The SMILES string of the molecule is CC(C)NCCS(=O)(=O)Nc1ccc(F)cc1Br. The van der Waals surface area contributed by atoms with Gasteiger partial charge in [0, 0.05) is 17.1 Å². The molecule has 0 fully saturated rings. The Bertz CT molecular complexity index is 506. The minimum Gasteiger partial charge on any atom is -0.313 e. The van der Waals surface area contributed by atoms with Gasteiger partial charge in [0.15, 0.2) is 0 Å². The molecule has 0 bridgehead atoms. The van der Waals surface area contributed by atoms with E-state index in [4.69, 9.17) is 0 Å². The first-order valence-electron chi connectivity index (χ1n) is 5.49. The topological polar surface area (TPSA) is 58.2 Å². The molecule has 0 saturated heterocycles. The lowest BCUT2D eigenvalue weighted by Gasteiger charge is -2.11. The van der Waals surface area contributed by atoms with E-state index < -0.39 is 15.8 Å². The van der Waals surface area contributed by atoms with E-state index >= 15 is 0 Å². The molecule has 0 saturated carbocycles. The highest BCUT2D eigenvalue weighted by Crippen LogP contribution is 2.23. The number of anilines is 1. The summed E-state index contributed by atoms with van der Waals surface area (Å²) in [7, 11) is -3.43. The zero-order valence-corrected chi connectivity index (χ0v) is 12.6. The van der Waals surface area contributed by atoms with Crippen LogP contribution in [0, 0.1) is 5.82 Å². The van der Waals surface area contributed by atoms with Gasteiger partial charge < -0.3 is 5.32 Å². The molecular formula is C11H16BrFN2O2S. The van der Waals surface area contributed by atoms with E-state index in [2.05, 4.69) is 26.0 Å². The normalized spacial score (nSPS) is 11.8. The van der Waals surface area contributed by atoms with Crippen molar-refractivity contribution in [3.8, 4) is 0 Å². The monoisotopic (exact) mass is 338 g/mol. The molecule has 1 rings (SSSR count). The summed E-state index contributed by atoms with van der Waals surface area (Å²) in [6.07, 6.45) is 0. The predicted molar refractivity (Wildman–Crippen MR) is 74.6 cm³/mol. The maximum Gasteiger partial charge on any atom is 0.234 e. The lowest BCUT2D eigenvalue weighted by molar-refractivity contribution is 0.581. The zero-order chi connectivity index (χ0) is 13.8. The van der Waals surface area contributed by atoms with E-state index in [9.17, 15) is 12.8 Å². The fourth-order valence-corrected chi connectivity index (χ4v) is 2.86. The van der Waals surface area contributed by atoms with Crippen LogP contribution in [0.1, 0.15) is 13.8 Å². The lowest BCUT2D eigenvalue weighted by atomic mass is 10.3. The molecule has 1 aromatic carbocycles. The first-order chi connectivity index (χ1) is 8.30. The molecule has 0 aromatic heterocycles. The van der Waals surface area contributed by atoms with Crippen LogP contribution in [0.15, 0.2) is 22.7 Å². The molecule has 0 aliphatic carbocycles. The van der Waals surface area contributed by atoms with Crippen LogP contribution in [0.5, 0.6) is 0 Å². The van der Waals surface area contributed by atoms with Crippen LogP contribution in [-0.2, 0) is 10.0 Å². The Kier molecular flexibility index (Phi) is 5.55. The van der Waals surface area contributed by atoms with Crippen LogP contribution in [0.4, 0.5) is 10.1 Å². The van der Waals surface area contributed by atoms with Crippen molar-refractivity contribution in [3.63, 3.8) is 0 Å². The molecule has 0 aliphatic rings. The quantitative estimate of drug-likeness (QED) is 0.836. The first-order valence-corrected chi connectivity index (χ1v) is 7.93.